The number of benzene rings is 1. The van der Waals surface area contributed by atoms with E-state index in [0.29, 0.717) is 12.1 Å². The average Bonchev–Trinajstić information content (AvgIpc) is 3.64. The second kappa shape index (κ2) is 8.41. The highest BCUT2D eigenvalue weighted by Crippen LogP contribution is 2.35. The molecule has 2 heterocycles. The van der Waals surface area contributed by atoms with Crippen molar-refractivity contribution in [3.63, 3.8) is 0 Å². The standard InChI is InChI=1S/C13H12N2OS.C6H8ClN2O2S/c16-13(10-4-2-1-3-5-10)17-12-8-14-15(9-12)11-6-7-11;7-12(10,11)6-3-8-9(4-6)5-1-2-5/h1-5,8-9,11H,6-7H2;3-6H,1-2H2/q;+1. The van der Waals surface area contributed by atoms with Crippen LogP contribution in [0.25, 0.3) is 0 Å². The molecule has 2 saturated carbocycles. The third-order valence-electron chi connectivity index (χ3n) is 4.61. The molecule has 1 aliphatic heterocycles. The topological polar surface area (TPSA) is 84.4 Å². The Hall–Kier alpha value is -1.97. The average molecular weight is 452 g/mol. The predicted molar refractivity (Wildman–Crippen MR) is 114 cm³/mol. The maximum absolute atomic E-state index is 11.9. The van der Waals surface area contributed by atoms with Crippen LogP contribution in [0, 0.1) is 0 Å². The molecule has 0 N–H and O–H groups in total. The van der Waals surface area contributed by atoms with E-state index in [1.165, 1.54) is 30.8 Å². The van der Waals surface area contributed by atoms with Crippen molar-refractivity contribution < 1.29 is 17.9 Å². The Bertz CT molecular complexity index is 1060. The van der Waals surface area contributed by atoms with Gasteiger partial charge in [0, 0.05) is 35.3 Å². The van der Waals surface area contributed by atoms with Crippen LogP contribution in [0.5, 0.6) is 0 Å². The summed E-state index contributed by atoms with van der Waals surface area (Å²) < 4.78 is 25.3. The minimum Gasteiger partial charge on any atom is -0.281 e. The zero-order chi connectivity index (χ0) is 20.4. The third-order valence-corrected chi connectivity index (χ3v) is 6.99. The Morgan fingerprint density at radius 2 is 1.90 bits per heavy atom. The molecule has 29 heavy (non-hydrogen) atoms. The second-order valence-corrected chi connectivity index (χ2v) is 10.9. The van der Waals surface area contributed by atoms with Crippen LogP contribution in [-0.4, -0.2) is 51.7 Å². The molecule has 1 atom stereocenters. The Kier molecular flexibility index (Phi) is 5.89. The van der Waals surface area contributed by atoms with E-state index >= 15 is 0 Å². The van der Waals surface area contributed by atoms with Crippen LogP contribution >= 0.6 is 22.4 Å². The van der Waals surface area contributed by atoms with Gasteiger partial charge < -0.3 is 0 Å². The summed E-state index contributed by atoms with van der Waals surface area (Å²) in [4.78, 5) is 12.9. The summed E-state index contributed by atoms with van der Waals surface area (Å²) in [5.41, 5.74) is 0.733. The lowest BCUT2D eigenvalue weighted by Crippen LogP contribution is -2.19. The molecular formula is C19H20ClN4O3S2+. The summed E-state index contributed by atoms with van der Waals surface area (Å²) in [5.74, 6) is 0. The number of hydrazone groups is 1. The van der Waals surface area contributed by atoms with Gasteiger partial charge in [0.15, 0.2) is 17.5 Å². The molecule has 0 saturated heterocycles. The quantitative estimate of drug-likeness (QED) is 0.395. The van der Waals surface area contributed by atoms with E-state index in [-0.39, 0.29) is 5.12 Å². The van der Waals surface area contributed by atoms with E-state index in [0.717, 1.165) is 23.3 Å². The molecule has 10 heteroatoms. The largest absolute Gasteiger partial charge is 0.281 e. The second-order valence-electron chi connectivity index (χ2n) is 7.11. The van der Waals surface area contributed by atoms with Gasteiger partial charge in [-0.05, 0) is 29.7 Å². The molecule has 0 bridgehead atoms. The van der Waals surface area contributed by atoms with Crippen LogP contribution in [0.3, 0.4) is 0 Å². The molecule has 5 rings (SSSR count). The lowest BCUT2D eigenvalue weighted by Gasteiger charge is -1.97. The van der Waals surface area contributed by atoms with Gasteiger partial charge >= 0.3 is 0 Å². The molecule has 1 aromatic heterocycles. The number of hydrogen-bond acceptors (Lipinski definition) is 6. The Morgan fingerprint density at radius 3 is 2.48 bits per heavy atom. The van der Waals surface area contributed by atoms with Crippen molar-refractivity contribution >= 4 is 49.0 Å². The fourth-order valence-electron chi connectivity index (χ4n) is 2.72. The van der Waals surface area contributed by atoms with Crippen LogP contribution in [-0.2, 0) is 9.05 Å². The van der Waals surface area contributed by atoms with Gasteiger partial charge in [-0.15, -0.1) is 0 Å². The Morgan fingerprint density at radius 1 is 1.17 bits per heavy atom. The van der Waals surface area contributed by atoms with Gasteiger partial charge in [0.2, 0.25) is 5.12 Å². The van der Waals surface area contributed by atoms with Crippen molar-refractivity contribution in [1.82, 2.24) is 9.78 Å². The van der Waals surface area contributed by atoms with E-state index in [4.69, 9.17) is 10.7 Å². The Labute approximate surface area is 177 Å². The van der Waals surface area contributed by atoms with Crippen LogP contribution in [0.1, 0.15) is 42.1 Å². The van der Waals surface area contributed by atoms with Crippen molar-refractivity contribution in [2.75, 3.05) is 0 Å². The number of thioether (sulfide) groups is 1. The van der Waals surface area contributed by atoms with Crippen molar-refractivity contribution in [2.24, 2.45) is 5.10 Å². The Balaban J connectivity index is 0.000000150. The summed E-state index contributed by atoms with van der Waals surface area (Å²) in [6, 6.07) is 10.3. The predicted octanol–water partition coefficient (Wildman–Crippen LogP) is 3.32. The molecular weight excluding hydrogens is 432 g/mol. The summed E-state index contributed by atoms with van der Waals surface area (Å²) in [7, 11) is 1.64. The van der Waals surface area contributed by atoms with Crippen LogP contribution in [0.15, 0.2) is 52.7 Å². The molecule has 1 aromatic carbocycles. The van der Waals surface area contributed by atoms with Gasteiger partial charge in [0.1, 0.15) is 6.21 Å². The highest BCUT2D eigenvalue weighted by atomic mass is 35.7. The minimum absolute atomic E-state index is 0.0703. The first-order chi connectivity index (χ1) is 13.9. The van der Waals surface area contributed by atoms with E-state index in [2.05, 4.69) is 10.2 Å². The van der Waals surface area contributed by atoms with Gasteiger partial charge in [-0.2, -0.15) is 5.10 Å². The van der Waals surface area contributed by atoms with Crippen molar-refractivity contribution in [3.8, 4) is 0 Å². The van der Waals surface area contributed by atoms with Gasteiger partial charge in [0.25, 0.3) is 9.05 Å². The van der Waals surface area contributed by atoms with Gasteiger partial charge in [-0.3, -0.25) is 9.48 Å². The van der Waals surface area contributed by atoms with E-state index in [9.17, 15) is 13.2 Å². The van der Waals surface area contributed by atoms with Crippen LogP contribution in [0.2, 0.25) is 0 Å². The molecule has 2 aliphatic carbocycles. The molecule has 3 aliphatic rings. The van der Waals surface area contributed by atoms with Crippen LogP contribution < -0.4 is 0 Å². The van der Waals surface area contributed by atoms with E-state index in [1.807, 2.05) is 41.2 Å². The molecule has 1 unspecified atom stereocenters. The number of carbonyl (C=O) groups is 1. The summed E-state index contributed by atoms with van der Waals surface area (Å²) in [6.45, 7) is 0. The fourth-order valence-corrected chi connectivity index (χ4v) is 4.20. The number of rotatable bonds is 5. The molecule has 7 nitrogen and oxygen atoms in total. The molecule has 0 radical (unpaired) electrons. The molecule has 0 amide bonds. The third kappa shape index (κ3) is 5.55. The SMILES string of the molecule is O=C(Sc1cnn(C2CC2)c1)c1ccccc1.O=S(=O)(Cl)C1C=N[N+](C2CC2)=C1. The van der Waals surface area contributed by atoms with E-state index in [1.54, 1.807) is 17.1 Å². The first-order valence-electron chi connectivity index (χ1n) is 9.32. The first-order valence-corrected chi connectivity index (χ1v) is 12.5. The van der Waals surface area contributed by atoms with Crippen LogP contribution in [0.4, 0.5) is 0 Å². The smallest absolute Gasteiger partial charge is 0.250 e. The van der Waals surface area contributed by atoms with Gasteiger partial charge in [-0.1, -0.05) is 35.0 Å². The van der Waals surface area contributed by atoms with Gasteiger partial charge in [-0.25, -0.2) is 8.42 Å². The number of hydrogen-bond donors (Lipinski definition) is 0. The van der Waals surface area contributed by atoms with Crippen molar-refractivity contribution in [2.45, 2.75) is 47.9 Å². The van der Waals surface area contributed by atoms with Crippen molar-refractivity contribution in [1.29, 1.82) is 0 Å². The normalized spacial score (nSPS) is 20.7. The highest BCUT2D eigenvalue weighted by Gasteiger charge is 2.39. The molecule has 2 aromatic rings. The minimum atomic E-state index is -3.52. The first kappa shape index (κ1) is 20.3. The van der Waals surface area contributed by atoms with E-state index < -0.39 is 14.3 Å². The number of nitrogens with zero attached hydrogens (tertiary/aromatic N) is 4. The highest BCUT2D eigenvalue weighted by molar-refractivity contribution is 8.15. The number of carbonyl (C=O) groups excluding carboxylic acids is 1. The molecule has 2 fully saturated rings. The zero-order valence-electron chi connectivity index (χ0n) is 15.5. The molecule has 0 spiro atoms. The zero-order valence-corrected chi connectivity index (χ0v) is 17.9. The number of aromatic nitrogens is 2. The fraction of sp³-hybridized carbons (Fsp3) is 0.368. The maximum Gasteiger partial charge on any atom is 0.250 e. The lowest BCUT2D eigenvalue weighted by molar-refractivity contribution is -0.539. The lowest BCUT2D eigenvalue weighted by atomic mass is 10.2. The monoisotopic (exact) mass is 451 g/mol. The molecule has 152 valence electrons. The maximum atomic E-state index is 11.9. The number of halogens is 1. The van der Waals surface area contributed by atoms with Gasteiger partial charge in [0.05, 0.1) is 17.1 Å². The summed E-state index contributed by atoms with van der Waals surface area (Å²) in [6.07, 6.45) is 11.2. The summed E-state index contributed by atoms with van der Waals surface area (Å²) in [5, 5.41) is 7.54. The van der Waals surface area contributed by atoms with Crippen molar-refractivity contribution in [3.05, 3.63) is 48.3 Å². The summed E-state index contributed by atoms with van der Waals surface area (Å²) >= 11 is 1.24.